The van der Waals surface area contributed by atoms with Gasteiger partial charge in [0, 0.05) is 17.8 Å². The number of hydrogen-bond donors (Lipinski definition) is 2. The van der Waals surface area contributed by atoms with E-state index in [1.807, 2.05) is 0 Å². The second kappa shape index (κ2) is 6.56. The van der Waals surface area contributed by atoms with Crippen LogP contribution < -0.4 is 5.32 Å². The van der Waals surface area contributed by atoms with Gasteiger partial charge in [0.15, 0.2) is 0 Å². The van der Waals surface area contributed by atoms with Crippen molar-refractivity contribution in [3.63, 3.8) is 0 Å². The van der Waals surface area contributed by atoms with Crippen LogP contribution in [0.15, 0.2) is 18.2 Å². The molecule has 0 spiro atoms. The molecule has 0 aromatic heterocycles. The summed E-state index contributed by atoms with van der Waals surface area (Å²) in [4.78, 5) is 21.3. The van der Waals surface area contributed by atoms with Crippen LogP contribution in [-0.4, -0.2) is 22.0 Å². The Morgan fingerprint density at radius 1 is 1.38 bits per heavy atom. The fourth-order valence-corrected chi connectivity index (χ4v) is 2.97. The van der Waals surface area contributed by atoms with Gasteiger partial charge in [-0.3, -0.25) is 10.1 Å². The molecule has 114 valence electrons. The van der Waals surface area contributed by atoms with E-state index in [9.17, 15) is 14.9 Å². The smallest absolute Gasteiger partial charge is 0.342 e. The number of rotatable bonds is 5. The van der Waals surface area contributed by atoms with E-state index in [0.717, 1.165) is 0 Å². The van der Waals surface area contributed by atoms with Gasteiger partial charge < -0.3 is 10.4 Å². The average molecular weight is 292 g/mol. The molecular weight excluding hydrogens is 272 g/mol. The lowest BCUT2D eigenvalue weighted by atomic mass is 9.84. The first-order valence-electron chi connectivity index (χ1n) is 7.27. The van der Waals surface area contributed by atoms with Crippen molar-refractivity contribution in [2.24, 2.45) is 5.92 Å². The van der Waals surface area contributed by atoms with E-state index in [1.54, 1.807) is 6.07 Å². The maximum atomic E-state index is 11.1. The van der Waals surface area contributed by atoms with E-state index in [-0.39, 0.29) is 17.3 Å². The van der Waals surface area contributed by atoms with Gasteiger partial charge in [-0.1, -0.05) is 19.3 Å². The number of nitro benzene ring substituents is 1. The predicted octanol–water partition coefficient (Wildman–Crippen LogP) is 3.67. The molecule has 1 fully saturated rings. The summed E-state index contributed by atoms with van der Waals surface area (Å²) in [7, 11) is 0. The van der Waals surface area contributed by atoms with E-state index >= 15 is 0 Å². The summed E-state index contributed by atoms with van der Waals surface area (Å²) in [5.74, 6) is -0.710. The first-order chi connectivity index (χ1) is 9.99. The highest BCUT2D eigenvalue weighted by atomic mass is 16.6. The molecule has 0 radical (unpaired) electrons. The van der Waals surface area contributed by atoms with Crippen molar-refractivity contribution in [3.05, 3.63) is 33.9 Å². The van der Waals surface area contributed by atoms with Gasteiger partial charge in [-0.15, -0.1) is 0 Å². The molecule has 6 nitrogen and oxygen atoms in total. The Morgan fingerprint density at radius 3 is 2.62 bits per heavy atom. The highest BCUT2D eigenvalue weighted by molar-refractivity contribution is 5.93. The SMILES string of the molecule is CC(Nc1ccc([N+](=O)[O-])c(C(=O)O)c1)C1CCCCC1. The molecule has 1 aromatic rings. The molecule has 21 heavy (non-hydrogen) atoms. The number of benzene rings is 1. The van der Waals surface area contributed by atoms with Gasteiger partial charge in [0.25, 0.3) is 5.69 Å². The zero-order chi connectivity index (χ0) is 15.4. The number of nitro groups is 1. The molecule has 1 aliphatic carbocycles. The van der Waals surface area contributed by atoms with Crippen molar-refractivity contribution in [3.8, 4) is 0 Å². The molecule has 1 aliphatic rings. The van der Waals surface area contributed by atoms with Crippen molar-refractivity contribution in [1.29, 1.82) is 0 Å². The van der Waals surface area contributed by atoms with Crippen molar-refractivity contribution in [2.45, 2.75) is 45.1 Å². The second-order valence-corrected chi connectivity index (χ2v) is 5.63. The summed E-state index contributed by atoms with van der Waals surface area (Å²) in [6, 6.07) is 4.40. The third kappa shape index (κ3) is 3.71. The maximum Gasteiger partial charge on any atom is 0.342 e. The normalized spacial score (nSPS) is 17.2. The van der Waals surface area contributed by atoms with E-state index in [1.165, 1.54) is 44.2 Å². The van der Waals surface area contributed by atoms with Crippen LogP contribution in [0.4, 0.5) is 11.4 Å². The van der Waals surface area contributed by atoms with Gasteiger partial charge in [0.05, 0.1) is 4.92 Å². The predicted molar refractivity (Wildman–Crippen MR) is 79.7 cm³/mol. The summed E-state index contributed by atoms with van der Waals surface area (Å²) in [5.41, 5.74) is -0.0321. The minimum Gasteiger partial charge on any atom is -0.477 e. The van der Waals surface area contributed by atoms with Crippen LogP contribution in [0.25, 0.3) is 0 Å². The van der Waals surface area contributed by atoms with Crippen LogP contribution in [0.5, 0.6) is 0 Å². The summed E-state index contributed by atoms with van der Waals surface area (Å²) in [6.45, 7) is 2.08. The number of aromatic carboxylic acids is 1. The first-order valence-corrected chi connectivity index (χ1v) is 7.27. The topological polar surface area (TPSA) is 92.5 Å². The number of nitrogens with one attached hydrogen (secondary N) is 1. The van der Waals surface area contributed by atoms with Gasteiger partial charge in [0.2, 0.25) is 0 Å². The van der Waals surface area contributed by atoms with Crippen molar-refractivity contribution < 1.29 is 14.8 Å². The number of carbonyl (C=O) groups is 1. The van der Waals surface area contributed by atoms with Gasteiger partial charge in [-0.05, 0) is 37.8 Å². The van der Waals surface area contributed by atoms with Crippen LogP contribution >= 0.6 is 0 Å². The summed E-state index contributed by atoms with van der Waals surface area (Å²) < 4.78 is 0. The Morgan fingerprint density at radius 2 is 2.05 bits per heavy atom. The fraction of sp³-hybridized carbons (Fsp3) is 0.533. The Bertz CT molecular complexity index is 538. The molecule has 1 aromatic carbocycles. The highest BCUT2D eigenvalue weighted by Gasteiger charge is 2.23. The van der Waals surface area contributed by atoms with Crippen LogP contribution in [0.1, 0.15) is 49.4 Å². The lowest BCUT2D eigenvalue weighted by Crippen LogP contribution is -2.27. The molecule has 0 heterocycles. The maximum absolute atomic E-state index is 11.1. The van der Waals surface area contributed by atoms with Crippen molar-refractivity contribution in [2.75, 3.05) is 5.32 Å². The number of carboxylic acids is 1. The van der Waals surface area contributed by atoms with E-state index in [0.29, 0.717) is 11.6 Å². The average Bonchev–Trinajstić information content (AvgIpc) is 2.47. The van der Waals surface area contributed by atoms with Crippen molar-refractivity contribution >= 4 is 17.3 Å². The van der Waals surface area contributed by atoms with Crippen molar-refractivity contribution in [1.82, 2.24) is 0 Å². The molecule has 2 rings (SSSR count). The Balaban J connectivity index is 2.14. The zero-order valence-electron chi connectivity index (χ0n) is 12.0. The molecule has 0 saturated heterocycles. The number of carboxylic acid groups (broad SMARTS) is 1. The van der Waals surface area contributed by atoms with Gasteiger partial charge >= 0.3 is 5.97 Å². The third-order valence-electron chi connectivity index (χ3n) is 4.17. The number of anilines is 1. The largest absolute Gasteiger partial charge is 0.477 e. The quantitative estimate of drug-likeness (QED) is 0.638. The molecule has 2 N–H and O–H groups in total. The molecular formula is C15H20N2O4. The zero-order valence-corrected chi connectivity index (χ0v) is 12.0. The first kappa shape index (κ1) is 15.3. The van der Waals surface area contributed by atoms with Gasteiger partial charge in [0.1, 0.15) is 5.56 Å². The summed E-state index contributed by atoms with van der Waals surface area (Å²) in [5, 5.41) is 23.2. The van der Waals surface area contributed by atoms with E-state index < -0.39 is 10.9 Å². The van der Waals surface area contributed by atoms with Gasteiger partial charge in [-0.2, -0.15) is 0 Å². The summed E-state index contributed by atoms with van der Waals surface area (Å²) >= 11 is 0. The van der Waals surface area contributed by atoms with E-state index in [2.05, 4.69) is 12.2 Å². The Hall–Kier alpha value is -2.11. The monoisotopic (exact) mass is 292 g/mol. The van der Waals surface area contributed by atoms with Crippen LogP contribution in [0, 0.1) is 16.0 Å². The molecule has 1 saturated carbocycles. The molecule has 1 atom stereocenters. The Labute approximate surface area is 123 Å². The lowest BCUT2D eigenvalue weighted by Gasteiger charge is -2.29. The standard InChI is InChI=1S/C15H20N2O4/c1-10(11-5-3-2-4-6-11)16-12-7-8-14(17(20)21)13(9-12)15(18)19/h7-11,16H,2-6H2,1H3,(H,18,19). The fourth-order valence-electron chi connectivity index (χ4n) is 2.97. The molecule has 0 bridgehead atoms. The summed E-state index contributed by atoms with van der Waals surface area (Å²) in [6.07, 6.45) is 6.10. The van der Waals surface area contributed by atoms with Crippen LogP contribution in [0.2, 0.25) is 0 Å². The highest BCUT2D eigenvalue weighted by Crippen LogP contribution is 2.29. The number of hydrogen-bond acceptors (Lipinski definition) is 4. The molecule has 0 aliphatic heterocycles. The second-order valence-electron chi connectivity index (χ2n) is 5.63. The minimum atomic E-state index is -1.28. The van der Waals surface area contributed by atoms with Gasteiger partial charge in [-0.25, -0.2) is 4.79 Å². The molecule has 0 amide bonds. The minimum absolute atomic E-state index is 0.230. The molecule has 1 unspecified atom stereocenters. The lowest BCUT2D eigenvalue weighted by molar-refractivity contribution is -0.385. The van der Waals surface area contributed by atoms with Crippen LogP contribution in [0.3, 0.4) is 0 Å². The molecule has 6 heteroatoms. The van der Waals surface area contributed by atoms with Crippen LogP contribution in [-0.2, 0) is 0 Å². The third-order valence-corrected chi connectivity index (χ3v) is 4.17. The Kier molecular flexibility index (Phi) is 4.77. The van der Waals surface area contributed by atoms with E-state index in [4.69, 9.17) is 5.11 Å². The number of nitrogens with zero attached hydrogens (tertiary/aromatic N) is 1.